The van der Waals surface area contributed by atoms with Crippen molar-refractivity contribution in [1.29, 1.82) is 0 Å². The van der Waals surface area contributed by atoms with E-state index in [1.165, 1.54) is 6.07 Å². The minimum absolute atomic E-state index is 0.0103. The SMILES string of the molecule is CCC1CC(CCCC(O)CC2C[C@H](C)OC(c3ccccc3O)O2)OC(c2cccc(O)c2O)O1. The van der Waals surface area contributed by atoms with Crippen molar-refractivity contribution in [2.45, 2.75) is 102 Å². The number of benzene rings is 2. The molecule has 8 nitrogen and oxygen atoms in total. The fourth-order valence-electron chi connectivity index (χ4n) is 5.01. The van der Waals surface area contributed by atoms with Crippen LogP contribution in [0.4, 0.5) is 0 Å². The van der Waals surface area contributed by atoms with Crippen molar-refractivity contribution in [1.82, 2.24) is 0 Å². The molecule has 4 rings (SSSR count). The van der Waals surface area contributed by atoms with Gasteiger partial charge in [0.05, 0.1) is 36.1 Å². The summed E-state index contributed by atoms with van der Waals surface area (Å²) in [5, 5.41) is 41.0. The first-order valence-corrected chi connectivity index (χ1v) is 12.9. The molecule has 0 aliphatic carbocycles. The van der Waals surface area contributed by atoms with Crippen molar-refractivity contribution in [3.63, 3.8) is 0 Å². The van der Waals surface area contributed by atoms with Gasteiger partial charge in [0.2, 0.25) is 0 Å². The molecule has 2 heterocycles. The molecule has 0 radical (unpaired) electrons. The van der Waals surface area contributed by atoms with E-state index in [1.54, 1.807) is 30.3 Å². The van der Waals surface area contributed by atoms with Crippen LogP contribution in [0.5, 0.6) is 17.2 Å². The van der Waals surface area contributed by atoms with Gasteiger partial charge in [-0.25, -0.2) is 0 Å². The fraction of sp³-hybridized carbons (Fsp3) is 0.571. The van der Waals surface area contributed by atoms with Crippen molar-refractivity contribution in [3.8, 4) is 17.2 Å². The molecule has 0 amide bonds. The minimum Gasteiger partial charge on any atom is -0.507 e. The van der Waals surface area contributed by atoms with Gasteiger partial charge in [0, 0.05) is 12.0 Å². The Kier molecular flexibility index (Phi) is 9.09. The number of aliphatic hydroxyl groups is 1. The number of hydrogen-bond donors (Lipinski definition) is 4. The Bertz CT molecular complexity index is 982. The van der Waals surface area contributed by atoms with Gasteiger partial charge in [-0.15, -0.1) is 0 Å². The number of hydrogen-bond acceptors (Lipinski definition) is 8. The van der Waals surface area contributed by atoms with E-state index in [-0.39, 0.29) is 41.7 Å². The number of aliphatic hydroxyl groups excluding tert-OH is 1. The summed E-state index contributed by atoms with van der Waals surface area (Å²) in [7, 11) is 0. The first-order chi connectivity index (χ1) is 17.3. The fourth-order valence-corrected chi connectivity index (χ4v) is 5.01. The van der Waals surface area contributed by atoms with Gasteiger partial charge in [-0.1, -0.05) is 31.2 Å². The highest BCUT2D eigenvalue weighted by Gasteiger charge is 2.33. The van der Waals surface area contributed by atoms with E-state index >= 15 is 0 Å². The van der Waals surface area contributed by atoms with Crippen LogP contribution in [0.15, 0.2) is 42.5 Å². The van der Waals surface area contributed by atoms with Crippen molar-refractivity contribution in [3.05, 3.63) is 53.6 Å². The molecule has 0 aromatic heterocycles. The van der Waals surface area contributed by atoms with Gasteiger partial charge in [-0.3, -0.25) is 0 Å². The Hall–Kier alpha value is -2.36. The third kappa shape index (κ3) is 6.69. The van der Waals surface area contributed by atoms with Gasteiger partial charge in [0.15, 0.2) is 24.1 Å². The molecule has 36 heavy (non-hydrogen) atoms. The molecule has 8 heteroatoms. The topological polar surface area (TPSA) is 118 Å². The standard InChI is InChI=1S/C28H38O8/c1-3-19-16-20(35-28(34-19)23-11-7-13-25(31)26(23)32)9-6-8-18(29)15-21-14-17(2)33-27(36-21)22-10-4-5-12-24(22)30/h4-5,7,10-13,17-21,27-32H,3,6,8-9,14-16H2,1-2H3/t17-,18?,19?,20?,21?,27?,28?/m0/s1. The van der Waals surface area contributed by atoms with Gasteiger partial charge >= 0.3 is 0 Å². The van der Waals surface area contributed by atoms with Gasteiger partial charge in [0.1, 0.15) is 5.75 Å². The lowest BCUT2D eigenvalue weighted by molar-refractivity contribution is -0.250. The summed E-state index contributed by atoms with van der Waals surface area (Å²) in [5.74, 6) is -0.288. The number of ether oxygens (including phenoxy) is 4. The van der Waals surface area contributed by atoms with Crippen LogP contribution in [0, 0.1) is 0 Å². The molecule has 198 valence electrons. The Balaban J connectivity index is 1.27. The summed E-state index contributed by atoms with van der Waals surface area (Å²) in [6.07, 6.45) is 2.62. The minimum atomic E-state index is -0.741. The molecule has 6 unspecified atom stereocenters. The molecule has 2 aliphatic rings. The van der Waals surface area contributed by atoms with Crippen LogP contribution < -0.4 is 0 Å². The molecule has 2 aromatic rings. The summed E-state index contributed by atoms with van der Waals surface area (Å²) in [6.45, 7) is 4.02. The predicted molar refractivity (Wildman–Crippen MR) is 133 cm³/mol. The summed E-state index contributed by atoms with van der Waals surface area (Å²) in [6, 6.07) is 11.7. The Labute approximate surface area is 212 Å². The van der Waals surface area contributed by atoms with E-state index in [9.17, 15) is 20.4 Å². The number of aromatic hydroxyl groups is 3. The zero-order valence-electron chi connectivity index (χ0n) is 21.0. The lowest BCUT2D eigenvalue weighted by atomic mass is 9.97. The summed E-state index contributed by atoms with van der Waals surface area (Å²) in [5.41, 5.74) is 1.01. The van der Waals surface area contributed by atoms with Gasteiger partial charge in [0.25, 0.3) is 0 Å². The van der Waals surface area contributed by atoms with Gasteiger partial charge in [-0.2, -0.15) is 0 Å². The van der Waals surface area contributed by atoms with E-state index in [2.05, 4.69) is 0 Å². The van der Waals surface area contributed by atoms with Crippen LogP contribution in [-0.4, -0.2) is 50.9 Å². The molecule has 2 saturated heterocycles. The molecule has 2 aromatic carbocycles. The maximum absolute atomic E-state index is 10.7. The van der Waals surface area contributed by atoms with Crippen molar-refractivity contribution >= 4 is 0 Å². The molecule has 0 saturated carbocycles. The normalized spacial score (nSPS) is 29.6. The van der Waals surface area contributed by atoms with E-state index in [4.69, 9.17) is 18.9 Å². The highest BCUT2D eigenvalue weighted by molar-refractivity contribution is 5.45. The van der Waals surface area contributed by atoms with Crippen molar-refractivity contribution in [2.24, 2.45) is 0 Å². The van der Waals surface area contributed by atoms with Crippen LogP contribution in [0.2, 0.25) is 0 Å². The first kappa shape index (κ1) is 26.7. The highest BCUT2D eigenvalue weighted by Crippen LogP contribution is 2.40. The Morgan fingerprint density at radius 2 is 1.47 bits per heavy atom. The average molecular weight is 503 g/mol. The highest BCUT2D eigenvalue weighted by atomic mass is 16.7. The Morgan fingerprint density at radius 1 is 0.806 bits per heavy atom. The number of rotatable bonds is 9. The lowest BCUT2D eigenvalue weighted by Crippen LogP contribution is -2.35. The molecule has 7 atom stereocenters. The predicted octanol–water partition coefficient (Wildman–Crippen LogP) is 5.20. The number of phenolic OH excluding ortho intramolecular Hbond substituents is 3. The zero-order chi connectivity index (χ0) is 25.7. The molecule has 0 bridgehead atoms. The van der Waals surface area contributed by atoms with Crippen molar-refractivity contribution in [2.75, 3.05) is 0 Å². The van der Waals surface area contributed by atoms with E-state index in [1.807, 2.05) is 19.9 Å². The summed E-state index contributed by atoms with van der Waals surface area (Å²) in [4.78, 5) is 0. The average Bonchev–Trinajstić information content (AvgIpc) is 2.85. The summed E-state index contributed by atoms with van der Waals surface area (Å²) >= 11 is 0. The number of phenols is 3. The van der Waals surface area contributed by atoms with Gasteiger partial charge in [-0.05, 0) is 63.6 Å². The van der Waals surface area contributed by atoms with Crippen LogP contribution >= 0.6 is 0 Å². The van der Waals surface area contributed by atoms with E-state index in [0.717, 1.165) is 25.7 Å². The smallest absolute Gasteiger partial charge is 0.188 e. The molecule has 4 N–H and O–H groups in total. The van der Waals surface area contributed by atoms with E-state index in [0.29, 0.717) is 30.4 Å². The quantitative estimate of drug-likeness (QED) is 0.346. The third-order valence-corrected chi connectivity index (χ3v) is 6.97. The van der Waals surface area contributed by atoms with Crippen LogP contribution in [-0.2, 0) is 18.9 Å². The lowest BCUT2D eigenvalue weighted by Gasteiger charge is -2.36. The first-order valence-electron chi connectivity index (χ1n) is 12.9. The van der Waals surface area contributed by atoms with E-state index < -0.39 is 18.7 Å². The molecular weight excluding hydrogens is 464 g/mol. The molecule has 2 aliphatic heterocycles. The molecule has 0 spiro atoms. The van der Waals surface area contributed by atoms with Gasteiger partial charge < -0.3 is 39.4 Å². The maximum Gasteiger partial charge on any atom is 0.188 e. The van der Waals surface area contributed by atoms with Crippen LogP contribution in [0.1, 0.15) is 82.5 Å². The van der Waals surface area contributed by atoms with Crippen molar-refractivity contribution < 1.29 is 39.4 Å². The second-order valence-electron chi connectivity index (χ2n) is 9.86. The molecule has 2 fully saturated rings. The second kappa shape index (κ2) is 12.3. The monoisotopic (exact) mass is 502 g/mol. The third-order valence-electron chi connectivity index (χ3n) is 6.97. The zero-order valence-corrected chi connectivity index (χ0v) is 21.0. The second-order valence-corrected chi connectivity index (χ2v) is 9.86. The maximum atomic E-state index is 10.7. The molecular formula is C28H38O8. The number of para-hydroxylation sites is 2. The Morgan fingerprint density at radius 3 is 2.25 bits per heavy atom. The van der Waals surface area contributed by atoms with Crippen LogP contribution in [0.25, 0.3) is 0 Å². The van der Waals surface area contributed by atoms with Crippen LogP contribution in [0.3, 0.4) is 0 Å². The summed E-state index contributed by atoms with van der Waals surface area (Å²) < 4.78 is 24.1. The largest absolute Gasteiger partial charge is 0.507 e.